The van der Waals surface area contributed by atoms with Crippen molar-refractivity contribution in [3.63, 3.8) is 0 Å². The van der Waals surface area contributed by atoms with Crippen molar-refractivity contribution in [3.05, 3.63) is 101 Å². The van der Waals surface area contributed by atoms with E-state index in [2.05, 4.69) is 29.6 Å². The number of amides is 3. The molecule has 222 valence electrons. The number of hydrogen-bond acceptors (Lipinski definition) is 5. The van der Waals surface area contributed by atoms with Gasteiger partial charge in [0.25, 0.3) is 5.91 Å². The summed E-state index contributed by atoms with van der Waals surface area (Å²) in [6, 6.07) is 20.3. The quantitative estimate of drug-likeness (QED) is 0.198. The first-order valence-corrected chi connectivity index (χ1v) is 14.3. The van der Waals surface area contributed by atoms with Gasteiger partial charge in [0.2, 0.25) is 11.8 Å². The molecular formula is C33H29F3N2O5. The summed E-state index contributed by atoms with van der Waals surface area (Å²) in [4.78, 5) is 52.8. The van der Waals surface area contributed by atoms with Crippen molar-refractivity contribution in [3.8, 4) is 0 Å². The predicted octanol–water partition coefficient (Wildman–Crippen LogP) is 5.64. The molecule has 3 aliphatic carbocycles. The molecule has 1 heterocycles. The molecule has 1 saturated heterocycles. The Bertz CT molecular complexity index is 1490. The lowest BCUT2D eigenvalue weighted by Gasteiger charge is -2.45. The van der Waals surface area contributed by atoms with Crippen molar-refractivity contribution < 1.29 is 37.1 Å². The van der Waals surface area contributed by atoms with Gasteiger partial charge in [-0.1, -0.05) is 61.0 Å². The Balaban J connectivity index is 0.979. The molecule has 3 aromatic carbocycles. The van der Waals surface area contributed by atoms with Crippen molar-refractivity contribution in [2.24, 2.45) is 11.8 Å². The SMILES string of the molecule is O=C(COC(=O)CCCCCN1C(=O)[C@@H]2C3c4ccccc4C(c4ccccc43)[C@@H]2C1=O)Nc1cccc(C(F)(F)F)c1. The first kappa shape index (κ1) is 28.6. The monoisotopic (exact) mass is 590 g/mol. The minimum atomic E-state index is -4.54. The highest BCUT2D eigenvalue weighted by molar-refractivity contribution is 6.07. The van der Waals surface area contributed by atoms with Gasteiger partial charge < -0.3 is 10.1 Å². The van der Waals surface area contributed by atoms with Crippen LogP contribution in [0.3, 0.4) is 0 Å². The summed E-state index contributed by atoms with van der Waals surface area (Å²) in [6.45, 7) is -0.354. The first-order chi connectivity index (χ1) is 20.6. The molecule has 43 heavy (non-hydrogen) atoms. The highest BCUT2D eigenvalue weighted by atomic mass is 19.4. The van der Waals surface area contributed by atoms with Gasteiger partial charge in [-0.05, 0) is 53.3 Å². The van der Waals surface area contributed by atoms with Crippen LogP contribution in [0.1, 0.15) is 65.3 Å². The molecule has 10 heteroatoms. The summed E-state index contributed by atoms with van der Waals surface area (Å²) < 4.78 is 43.5. The number of imide groups is 1. The smallest absolute Gasteiger partial charge is 0.416 e. The highest BCUT2D eigenvalue weighted by Gasteiger charge is 2.61. The zero-order valence-electron chi connectivity index (χ0n) is 23.1. The van der Waals surface area contributed by atoms with Gasteiger partial charge in [-0.2, -0.15) is 13.2 Å². The van der Waals surface area contributed by atoms with E-state index in [1.54, 1.807) is 0 Å². The van der Waals surface area contributed by atoms with Gasteiger partial charge in [0.15, 0.2) is 6.61 Å². The number of carbonyl (C=O) groups excluding carboxylic acids is 4. The van der Waals surface area contributed by atoms with Crippen LogP contribution in [0.2, 0.25) is 0 Å². The standard InChI is InChI=1S/C33H29F3N2O5/c34-33(35,36)19-9-8-10-20(17-19)37-25(39)18-43-26(40)15-2-1-7-16-38-31(41)29-27-21-11-3-4-12-22(21)28(30(29)32(38)42)24-14-6-5-13-23(24)27/h3-6,8-14,17,27-30H,1-2,7,15-16,18H2,(H,37,39)/t27?,28?,29-,30+. The minimum Gasteiger partial charge on any atom is -0.456 e. The van der Waals surface area contributed by atoms with Crippen LogP contribution in [0.5, 0.6) is 0 Å². The molecule has 0 aromatic heterocycles. The summed E-state index contributed by atoms with van der Waals surface area (Å²) in [7, 11) is 0. The van der Waals surface area contributed by atoms with Gasteiger partial charge in [0.1, 0.15) is 0 Å². The third-order valence-corrected chi connectivity index (χ3v) is 8.64. The predicted molar refractivity (Wildman–Crippen MR) is 150 cm³/mol. The summed E-state index contributed by atoms with van der Waals surface area (Å²) in [5.74, 6) is -2.78. The number of hydrogen-bond donors (Lipinski definition) is 1. The summed E-state index contributed by atoms with van der Waals surface area (Å²) >= 11 is 0. The summed E-state index contributed by atoms with van der Waals surface area (Å²) in [5, 5.41) is 2.28. The van der Waals surface area contributed by atoms with Crippen LogP contribution in [0.25, 0.3) is 0 Å². The highest BCUT2D eigenvalue weighted by Crippen LogP contribution is 2.60. The maximum Gasteiger partial charge on any atom is 0.416 e. The number of alkyl halides is 3. The van der Waals surface area contributed by atoms with Crippen LogP contribution in [0.15, 0.2) is 72.8 Å². The van der Waals surface area contributed by atoms with Crippen LogP contribution >= 0.6 is 0 Å². The van der Waals surface area contributed by atoms with Gasteiger partial charge in [-0.3, -0.25) is 24.1 Å². The number of ether oxygens (including phenoxy) is 1. The van der Waals surface area contributed by atoms with E-state index in [0.29, 0.717) is 19.3 Å². The average Bonchev–Trinajstić information content (AvgIpc) is 3.25. The summed E-state index contributed by atoms with van der Waals surface area (Å²) in [5.41, 5.74) is 3.54. The molecule has 1 aliphatic heterocycles. The van der Waals surface area contributed by atoms with Crippen LogP contribution in [0, 0.1) is 11.8 Å². The third-order valence-electron chi connectivity index (χ3n) is 8.64. The Hall–Kier alpha value is -4.47. The Morgan fingerprint density at radius 1 is 0.767 bits per heavy atom. The molecule has 0 spiro atoms. The fraction of sp³-hybridized carbons (Fsp3) is 0.333. The lowest BCUT2D eigenvalue weighted by atomic mass is 9.55. The molecule has 3 aromatic rings. The number of likely N-dealkylation sites (tertiary alicyclic amines) is 1. The van der Waals surface area contributed by atoms with Crippen molar-refractivity contribution in [1.82, 2.24) is 4.90 Å². The van der Waals surface area contributed by atoms with E-state index in [1.807, 2.05) is 24.3 Å². The first-order valence-electron chi connectivity index (χ1n) is 14.3. The Kier molecular flexibility index (Phi) is 7.54. The zero-order valence-corrected chi connectivity index (χ0v) is 23.1. The number of halogens is 3. The average molecular weight is 591 g/mol. The fourth-order valence-corrected chi connectivity index (χ4v) is 6.86. The second kappa shape index (κ2) is 11.3. The maximum atomic E-state index is 13.6. The van der Waals surface area contributed by atoms with Crippen LogP contribution in [-0.2, 0) is 30.1 Å². The van der Waals surface area contributed by atoms with Crippen molar-refractivity contribution in [1.29, 1.82) is 0 Å². The number of esters is 1. The normalized spacial score (nSPS) is 21.7. The second-order valence-corrected chi connectivity index (χ2v) is 11.2. The van der Waals surface area contributed by atoms with E-state index >= 15 is 0 Å². The number of nitrogens with one attached hydrogen (secondary N) is 1. The van der Waals surface area contributed by atoms with Crippen LogP contribution in [0.4, 0.5) is 18.9 Å². The molecule has 4 aliphatic rings. The van der Waals surface area contributed by atoms with Gasteiger partial charge in [-0.25, -0.2) is 0 Å². The van der Waals surface area contributed by atoms with E-state index < -0.39 is 42.1 Å². The van der Waals surface area contributed by atoms with Crippen molar-refractivity contribution >= 4 is 29.4 Å². The van der Waals surface area contributed by atoms with E-state index in [-0.39, 0.29) is 42.3 Å². The van der Waals surface area contributed by atoms with E-state index in [0.717, 1.165) is 34.4 Å². The lowest BCUT2D eigenvalue weighted by molar-refractivity contribution is -0.147. The molecule has 7 nitrogen and oxygen atoms in total. The van der Waals surface area contributed by atoms with E-state index in [9.17, 15) is 32.3 Å². The van der Waals surface area contributed by atoms with E-state index in [1.165, 1.54) is 17.0 Å². The molecule has 3 amide bonds. The molecular weight excluding hydrogens is 561 g/mol. The second-order valence-electron chi connectivity index (χ2n) is 11.2. The molecule has 0 unspecified atom stereocenters. The third kappa shape index (κ3) is 5.30. The van der Waals surface area contributed by atoms with Crippen molar-refractivity contribution in [2.75, 3.05) is 18.5 Å². The summed E-state index contributed by atoms with van der Waals surface area (Å²) in [6.07, 6.45) is -3.00. The number of unbranched alkanes of at least 4 members (excludes halogenated alkanes) is 2. The molecule has 2 bridgehead atoms. The lowest BCUT2D eigenvalue weighted by Crippen LogP contribution is -2.41. The number of anilines is 1. The van der Waals surface area contributed by atoms with E-state index in [4.69, 9.17) is 4.74 Å². The topological polar surface area (TPSA) is 92.8 Å². The number of rotatable bonds is 9. The van der Waals surface area contributed by atoms with Gasteiger partial charge in [0, 0.05) is 30.5 Å². The van der Waals surface area contributed by atoms with Crippen LogP contribution < -0.4 is 5.32 Å². The molecule has 7 rings (SSSR count). The number of carbonyl (C=O) groups is 4. The van der Waals surface area contributed by atoms with Crippen molar-refractivity contribution in [2.45, 2.75) is 43.7 Å². The fourth-order valence-electron chi connectivity index (χ4n) is 6.86. The molecule has 1 fully saturated rings. The molecule has 0 saturated carbocycles. The largest absolute Gasteiger partial charge is 0.456 e. The zero-order chi connectivity index (χ0) is 30.3. The van der Waals surface area contributed by atoms with Gasteiger partial charge >= 0.3 is 12.1 Å². The minimum absolute atomic E-state index is 0.0265. The van der Waals surface area contributed by atoms with Gasteiger partial charge in [0.05, 0.1) is 17.4 Å². The molecule has 0 radical (unpaired) electrons. The van der Waals surface area contributed by atoms with Crippen LogP contribution in [-0.4, -0.2) is 41.7 Å². The Labute approximate surface area is 246 Å². The number of benzene rings is 3. The maximum absolute atomic E-state index is 13.6. The Morgan fingerprint density at radius 2 is 1.33 bits per heavy atom. The Morgan fingerprint density at radius 3 is 1.86 bits per heavy atom. The number of nitrogens with zero attached hydrogens (tertiary/aromatic N) is 1. The molecule has 1 N–H and O–H groups in total. The van der Waals surface area contributed by atoms with Gasteiger partial charge in [-0.15, -0.1) is 0 Å². The molecule has 2 atom stereocenters.